The minimum Gasteiger partial charge on any atom is -0.279 e. The Labute approximate surface area is 189 Å². The highest BCUT2D eigenvalue weighted by Gasteiger charge is 2.25. The van der Waals surface area contributed by atoms with Gasteiger partial charge in [0.15, 0.2) is 5.13 Å². The van der Waals surface area contributed by atoms with Gasteiger partial charge < -0.3 is 0 Å². The molecule has 0 saturated carbocycles. The van der Waals surface area contributed by atoms with Gasteiger partial charge in [-0.1, -0.05) is 41.7 Å². The van der Waals surface area contributed by atoms with E-state index in [0.717, 1.165) is 32.7 Å². The predicted octanol–water partition coefficient (Wildman–Crippen LogP) is 5.34. The van der Waals surface area contributed by atoms with Crippen LogP contribution >= 0.6 is 11.3 Å². The van der Waals surface area contributed by atoms with Crippen molar-refractivity contribution in [1.29, 1.82) is 0 Å². The lowest BCUT2D eigenvalue weighted by Crippen LogP contribution is -2.30. The molecule has 0 spiro atoms. The van der Waals surface area contributed by atoms with Gasteiger partial charge in [0.1, 0.15) is 0 Å². The van der Waals surface area contributed by atoms with Crippen molar-refractivity contribution in [3.05, 3.63) is 102 Å². The number of fused-ring (bicyclic) bond motifs is 1. The molecule has 5 rings (SSSR count). The van der Waals surface area contributed by atoms with Crippen LogP contribution in [0.5, 0.6) is 0 Å². The fourth-order valence-corrected chi connectivity index (χ4v) is 4.69. The molecule has 0 aliphatic heterocycles. The molecule has 5 aromatic rings. The molecule has 0 atom stereocenters. The van der Waals surface area contributed by atoms with E-state index in [2.05, 4.69) is 23.1 Å². The first-order chi connectivity index (χ1) is 15.6. The maximum atomic E-state index is 13.8. The molecule has 0 saturated heterocycles. The van der Waals surface area contributed by atoms with E-state index >= 15 is 0 Å². The van der Waals surface area contributed by atoms with Gasteiger partial charge in [0, 0.05) is 12.4 Å². The van der Waals surface area contributed by atoms with Gasteiger partial charge in [-0.25, -0.2) is 9.67 Å². The molecular formula is C25H21N5OS. The number of anilines is 1. The number of hydrogen-bond donors (Lipinski definition) is 0. The zero-order valence-electron chi connectivity index (χ0n) is 17.8. The van der Waals surface area contributed by atoms with Gasteiger partial charge in [0.25, 0.3) is 5.91 Å². The zero-order valence-corrected chi connectivity index (χ0v) is 18.6. The van der Waals surface area contributed by atoms with Gasteiger partial charge >= 0.3 is 0 Å². The van der Waals surface area contributed by atoms with Crippen LogP contribution in [0.1, 0.15) is 27.2 Å². The molecule has 0 aliphatic carbocycles. The molecule has 0 aliphatic rings. The Morgan fingerprint density at radius 2 is 1.88 bits per heavy atom. The van der Waals surface area contributed by atoms with Crippen LogP contribution in [0.4, 0.5) is 5.13 Å². The van der Waals surface area contributed by atoms with E-state index in [1.165, 1.54) is 11.3 Å². The molecule has 1 amide bonds. The van der Waals surface area contributed by atoms with Crippen LogP contribution in [0.25, 0.3) is 15.9 Å². The highest BCUT2D eigenvalue weighted by atomic mass is 32.1. The van der Waals surface area contributed by atoms with Crippen molar-refractivity contribution in [2.24, 2.45) is 0 Å². The van der Waals surface area contributed by atoms with Gasteiger partial charge in [0.05, 0.1) is 39.9 Å². The summed E-state index contributed by atoms with van der Waals surface area (Å²) in [6.45, 7) is 4.34. The second-order valence-electron chi connectivity index (χ2n) is 7.61. The number of nitrogens with zero attached hydrogens (tertiary/aromatic N) is 5. The summed E-state index contributed by atoms with van der Waals surface area (Å²) in [5.41, 5.74) is 5.24. The summed E-state index contributed by atoms with van der Waals surface area (Å²) in [5, 5.41) is 5.14. The van der Waals surface area contributed by atoms with Crippen LogP contribution in [0.15, 0.2) is 79.3 Å². The highest BCUT2D eigenvalue weighted by molar-refractivity contribution is 7.22. The van der Waals surface area contributed by atoms with Crippen molar-refractivity contribution < 1.29 is 4.79 Å². The average molecular weight is 440 g/mol. The zero-order chi connectivity index (χ0) is 22.1. The van der Waals surface area contributed by atoms with Crippen LogP contribution in [0, 0.1) is 13.8 Å². The topological polar surface area (TPSA) is 63.9 Å². The monoisotopic (exact) mass is 439 g/mol. The third kappa shape index (κ3) is 3.78. The van der Waals surface area contributed by atoms with Crippen LogP contribution in [-0.4, -0.2) is 25.7 Å². The number of amides is 1. The van der Waals surface area contributed by atoms with Crippen molar-refractivity contribution >= 4 is 32.6 Å². The number of carbonyl (C=O) groups excluding carboxylic acids is 1. The normalized spacial score (nSPS) is 11.1. The van der Waals surface area contributed by atoms with Gasteiger partial charge in [0.2, 0.25) is 0 Å². The fourth-order valence-electron chi connectivity index (χ4n) is 3.63. The summed E-state index contributed by atoms with van der Waals surface area (Å²) < 4.78 is 2.85. The Kier molecular flexibility index (Phi) is 5.25. The SMILES string of the molecule is Cc1ccc2nc(N(Cc3cccnc3)C(=O)c3cnn(-c4ccccc4)c3C)sc2c1. The molecule has 7 heteroatoms. The van der Waals surface area contributed by atoms with Crippen LogP contribution < -0.4 is 4.90 Å². The molecule has 6 nitrogen and oxygen atoms in total. The molecule has 0 N–H and O–H groups in total. The first-order valence-corrected chi connectivity index (χ1v) is 11.1. The van der Waals surface area contributed by atoms with Gasteiger partial charge in [-0.2, -0.15) is 5.10 Å². The van der Waals surface area contributed by atoms with E-state index in [-0.39, 0.29) is 5.91 Å². The number of benzene rings is 2. The molecule has 2 aromatic carbocycles. The first-order valence-electron chi connectivity index (χ1n) is 10.3. The number of thiazole rings is 1. The molecule has 32 heavy (non-hydrogen) atoms. The Balaban J connectivity index is 1.57. The third-order valence-corrected chi connectivity index (χ3v) is 6.35. The lowest BCUT2D eigenvalue weighted by atomic mass is 10.2. The van der Waals surface area contributed by atoms with Crippen molar-refractivity contribution in [3.8, 4) is 5.69 Å². The third-order valence-electron chi connectivity index (χ3n) is 5.31. The Hall–Kier alpha value is -3.84. The van der Waals surface area contributed by atoms with Crippen LogP contribution in [0.3, 0.4) is 0 Å². The van der Waals surface area contributed by atoms with Gasteiger partial charge in [-0.15, -0.1) is 0 Å². The Morgan fingerprint density at radius 3 is 2.66 bits per heavy atom. The molecule has 3 aromatic heterocycles. The molecule has 0 fully saturated rings. The van der Waals surface area contributed by atoms with Crippen molar-refractivity contribution in [2.75, 3.05) is 4.90 Å². The van der Waals surface area contributed by atoms with E-state index in [0.29, 0.717) is 17.2 Å². The predicted molar refractivity (Wildman–Crippen MR) is 127 cm³/mol. The maximum Gasteiger partial charge on any atom is 0.263 e. The molecule has 0 radical (unpaired) electrons. The Bertz CT molecular complexity index is 1390. The lowest BCUT2D eigenvalue weighted by molar-refractivity contribution is 0.0984. The van der Waals surface area contributed by atoms with Crippen molar-refractivity contribution in [3.63, 3.8) is 0 Å². The summed E-state index contributed by atoms with van der Waals surface area (Å²) in [6, 6.07) is 19.8. The number of aromatic nitrogens is 4. The average Bonchev–Trinajstić information content (AvgIpc) is 3.41. The Morgan fingerprint density at radius 1 is 1.03 bits per heavy atom. The highest BCUT2D eigenvalue weighted by Crippen LogP contribution is 2.32. The van der Waals surface area contributed by atoms with E-state index in [9.17, 15) is 4.79 Å². The second kappa shape index (κ2) is 8.36. The maximum absolute atomic E-state index is 13.8. The number of carbonyl (C=O) groups is 1. The number of rotatable bonds is 5. The fraction of sp³-hybridized carbons (Fsp3) is 0.120. The largest absolute Gasteiger partial charge is 0.279 e. The summed E-state index contributed by atoms with van der Waals surface area (Å²) in [4.78, 5) is 24.5. The standard InChI is InChI=1S/C25H21N5OS/c1-17-10-11-22-23(13-17)32-25(28-22)29(16-19-7-6-12-26-14-19)24(31)21-15-27-30(18(21)2)20-8-4-3-5-9-20/h3-15H,16H2,1-2H3. The van der Waals surface area contributed by atoms with E-state index in [4.69, 9.17) is 4.98 Å². The lowest BCUT2D eigenvalue weighted by Gasteiger charge is -2.19. The number of hydrogen-bond acceptors (Lipinski definition) is 5. The smallest absolute Gasteiger partial charge is 0.263 e. The molecule has 0 unspecified atom stereocenters. The summed E-state index contributed by atoms with van der Waals surface area (Å²) in [7, 11) is 0. The van der Waals surface area contributed by atoms with E-state index < -0.39 is 0 Å². The second-order valence-corrected chi connectivity index (χ2v) is 8.62. The minimum absolute atomic E-state index is 0.135. The van der Waals surface area contributed by atoms with E-state index in [1.807, 2.05) is 61.5 Å². The van der Waals surface area contributed by atoms with Crippen molar-refractivity contribution in [1.82, 2.24) is 19.7 Å². The van der Waals surface area contributed by atoms with Crippen molar-refractivity contribution in [2.45, 2.75) is 20.4 Å². The first kappa shape index (κ1) is 20.1. The van der Waals surface area contributed by atoms with Gasteiger partial charge in [-0.3, -0.25) is 14.7 Å². The summed E-state index contributed by atoms with van der Waals surface area (Å²) in [6.07, 6.45) is 5.14. The minimum atomic E-state index is -0.135. The van der Waals surface area contributed by atoms with Gasteiger partial charge in [-0.05, 0) is 55.3 Å². The number of aryl methyl sites for hydroxylation is 1. The van der Waals surface area contributed by atoms with E-state index in [1.54, 1.807) is 28.2 Å². The number of para-hydroxylation sites is 1. The summed E-state index contributed by atoms with van der Waals surface area (Å²) in [5.74, 6) is -0.135. The molecular weight excluding hydrogens is 418 g/mol. The molecule has 3 heterocycles. The van der Waals surface area contributed by atoms with Crippen LogP contribution in [0.2, 0.25) is 0 Å². The number of pyridine rings is 1. The molecule has 158 valence electrons. The van der Waals surface area contributed by atoms with Crippen LogP contribution in [-0.2, 0) is 6.54 Å². The quantitative estimate of drug-likeness (QED) is 0.371. The summed E-state index contributed by atoms with van der Waals surface area (Å²) >= 11 is 1.52. The molecule has 0 bridgehead atoms.